The average Bonchev–Trinajstić information content (AvgIpc) is 2.30. The molecule has 0 amide bonds. The fraction of sp³-hybridized carbons (Fsp3) is 0.600. The Kier molecular flexibility index (Phi) is 6.94. The lowest BCUT2D eigenvalue weighted by Crippen LogP contribution is -2.23. The first kappa shape index (κ1) is 15.2. The Morgan fingerprint density at radius 1 is 1.11 bits per heavy atom. The van der Waals surface area contributed by atoms with Crippen LogP contribution in [-0.2, 0) is 11.3 Å². The van der Waals surface area contributed by atoms with Crippen LogP contribution < -0.4 is 5.32 Å². The zero-order chi connectivity index (χ0) is 13.4. The van der Waals surface area contributed by atoms with Crippen LogP contribution in [0, 0.1) is 13.8 Å². The van der Waals surface area contributed by atoms with Gasteiger partial charge in [-0.15, -0.1) is 0 Å². The first-order chi connectivity index (χ1) is 8.61. The van der Waals surface area contributed by atoms with Gasteiger partial charge < -0.3 is 15.0 Å². The van der Waals surface area contributed by atoms with Crippen molar-refractivity contribution >= 4 is 0 Å². The molecule has 1 aromatic carbocycles. The third-order valence-electron chi connectivity index (χ3n) is 3.05. The Morgan fingerprint density at radius 2 is 1.78 bits per heavy atom. The first-order valence-electron chi connectivity index (χ1n) is 6.59. The normalized spacial score (nSPS) is 11.2. The monoisotopic (exact) mass is 250 g/mol. The standard InChI is InChI=1S/C15H26N2O/c1-13-6-5-7-14(2)15(13)12-16-8-10-18-11-9-17(3)4/h5-7,16H,8-12H2,1-4H3. The van der Waals surface area contributed by atoms with Gasteiger partial charge in [0.25, 0.3) is 0 Å². The van der Waals surface area contributed by atoms with Crippen LogP contribution in [0.3, 0.4) is 0 Å². The molecule has 0 atom stereocenters. The van der Waals surface area contributed by atoms with E-state index in [1.54, 1.807) is 0 Å². The van der Waals surface area contributed by atoms with Crippen LogP contribution in [-0.4, -0.2) is 45.3 Å². The highest BCUT2D eigenvalue weighted by molar-refractivity contribution is 5.33. The number of rotatable bonds is 8. The summed E-state index contributed by atoms with van der Waals surface area (Å²) >= 11 is 0. The number of likely N-dealkylation sites (N-methyl/N-ethyl adjacent to an activating group) is 1. The fourth-order valence-corrected chi connectivity index (χ4v) is 1.83. The summed E-state index contributed by atoms with van der Waals surface area (Å²) in [7, 11) is 4.12. The molecule has 1 N–H and O–H groups in total. The quantitative estimate of drug-likeness (QED) is 0.714. The number of hydrogen-bond donors (Lipinski definition) is 1. The van der Waals surface area contributed by atoms with Crippen LogP contribution in [0.15, 0.2) is 18.2 Å². The molecule has 1 aromatic rings. The van der Waals surface area contributed by atoms with E-state index in [9.17, 15) is 0 Å². The van der Waals surface area contributed by atoms with E-state index in [0.717, 1.165) is 32.8 Å². The lowest BCUT2D eigenvalue weighted by molar-refractivity contribution is 0.119. The van der Waals surface area contributed by atoms with Gasteiger partial charge in [-0.25, -0.2) is 0 Å². The maximum atomic E-state index is 5.54. The molecule has 3 nitrogen and oxygen atoms in total. The van der Waals surface area contributed by atoms with Gasteiger partial charge in [0.05, 0.1) is 13.2 Å². The van der Waals surface area contributed by atoms with Gasteiger partial charge in [0, 0.05) is 19.6 Å². The summed E-state index contributed by atoms with van der Waals surface area (Å²) < 4.78 is 5.54. The molecule has 0 unspecified atom stereocenters. The molecule has 1 rings (SSSR count). The minimum Gasteiger partial charge on any atom is -0.379 e. The Hall–Kier alpha value is -0.900. The van der Waals surface area contributed by atoms with Crippen molar-refractivity contribution in [1.29, 1.82) is 0 Å². The maximum absolute atomic E-state index is 5.54. The molecule has 0 saturated heterocycles. The van der Waals surface area contributed by atoms with Crippen molar-refractivity contribution in [3.05, 3.63) is 34.9 Å². The van der Waals surface area contributed by atoms with Crippen molar-refractivity contribution in [1.82, 2.24) is 10.2 Å². The second-order valence-electron chi connectivity index (χ2n) is 4.96. The van der Waals surface area contributed by atoms with Crippen LogP contribution in [0.25, 0.3) is 0 Å². The SMILES string of the molecule is Cc1cccc(C)c1CNCCOCCN(C)C. The predicted molar refractivity (Wildman–Crippen MR) is 77.0 cm³/mol. The third-order valence-corrected chi connectivity index (χ3v) is 3.05. The lowest BCUT2D eigenvalue weighted by Gasteiger charge is -2.12. The number of nitrogens with one attached hydrogen (secondary N) is 1. The van der Waals surface area contributed by atoms with Crippen LogP contribution >= 0.6 is 0 Å². The van der Waals surface area contributed by atoms with E-state index in [2.05, 4.69) is 56.4 Å². The Morgan fingerprint density at radius 3 is 2.39 bits per heavy atom. The summed E-state index contributed by atoms with van der Waals surface area (Å²) in [6.45, 7) is 8.72. The van der Waals surface area contributed by atoms with Crippen LogP contribution in [0.1, 0.15) is 16.7 Å². The minimum absolute atomic E-state index is 0.777. The molecule has 0 aromatic heterocycles. The summed E-state index contributed by atoms with van der Waals surface area (Å²) in [5, 5.41) is 3.43. The second kappa shape index (κ2) is 8.25. The summed E-state index contributed by atoms with van der Waals surface area (Å²) in [5.41, 5.74) is 4.12. The number of benzene rings is 1. The minimum atomic E-state index is 0.777. The Bertz CT molecular complexity index is 330. The van der Waals surface area contributed by atoms with Crippen LogP contribution in [0.5, 0.6) is 0 Å². The smallest absolute Gasteiger partial charge is 0.0593 e. The summed E-state index contributed by atoms with van der Waals surface area (Å²) in [6.07, 6.45) is 0. The van der Waals surface area contributed by atoms with Crippen molar-refractivity contribution in [2.75, 3.05) is 40.4 Å². The molecular weight excluding hydrogens is 224 g/mol. The maximum Gasteiger partial charge on any atom is 0.0593 e. The molecule has 0 radical (unpaired) electrons. The zero-order valence-electron chi connectivity index (χ0n) is 12.1. The van der Waals surface area contributed by atoms with Gasteiger partial charge in [0.2, 0.25) is 0 Å². The van der Waals surface area contributed by atoms with E-state index in [0.29, 0.717) is 0 Å². The zero-order valence-corrected chi connectivity index (χ0v) is 12.1. The highest BCUT2D eigenvalue weighted by atomic mass is 16.5. The second-order valence-corrected chi connectivity index (χ2v) is 4.96. The predicted octanol–water partition coefficient (Wildman–Crippen LogP) is 1.97. The first-order valence-corrected chi connectivity index (χ1v) is 6.59. The summed E-state index contributed by atoms with van der Waals surface area (Å²) in [5.74, 6) is 0. The third kappa shape index (κ3) is 5.63. The van der Waals surface area contributed by atoms with E-state index in [-0.39, 0.29) is 0 Å². The summed E-state index contributed by atoms with van der Waals surface area (Å²) in [4.78, 5) is 2.13. The van der Waals surface area contributed by atoms with Gasteiger partial charge in [-0.1, -0.05) is 18.2 Å². The molecule has 0 aliphatic carbocycles. The molecule has 0 fully saturated rings. The van der Waals surface area contributed by atoms with Crippen molar-refractivity contribution in [3.63, 3.8) is 0 Å². The number of ether oxygens (including phenoxy) is 1. The molecule has 0 saturated carbocycles. The molecule has 0 spiro atoms. The Balaban J connectivity index is 2.14. The van der Waals surface area contributed by atoms with Crippen molar-refractivity contribution in [2.24, 2.45) is 0 Å². The van der Waals surface area contributed by atoms with Gasteiger partial charge in [0.1, 0.15) is 0 Å². The molecule has 0 aliphatic rings. The van der Waals surface area contributed by atoms with Crippen molar-refractivity contribution < 1.29 is 4.74 Å². The molecule has 102 valence electrons. The number of nitrogens with zero attached hydrogens (tertiary/aromatic N) is 1. The Labute approximate surface area is 111 Å². The molecule has 3 heteroatoms. The van der Waals surface area contributed by atoms with E-state index in [1.165, 1.54) is 16.7 Å². The highest BCUT2D eigenvalue weighted by Gasteiger charge is 2.00. The average molecular weight is 250 g/mol. The van der Waals surface area contributed by atoms with Gasteiger partial charge >= 0.3 is 0 Å². The molecule has 0 aliphatic heterocycles. The molecular formula is C15H26N2O. The van der Waals surface area contributed by atoms with Gasteiger partial charge in [-0.05, 0) is 44.6 Å². The van der Waals surface area contributed by atoms with Crippen molar-refractivity contribution in [3.8, 4) is 0 Å². The van der Waals surface area contributed by atoms with E-state index in [1.807, 2.05) is 0 Å². The van der Waals surface area contributed by atoms with Crippen molar-refractivity contribution in [2.45, 2.75) is 20.4 Å². The topological polar surface area (TPSA) is 24.5 Å². The summed E-state index contributed by atoms with van der Waals surface area (Å²) in [6, 6.07) is 6.44. The fourth-order valence-electron chi connectivity index (χ4n) is 1.83. The van der Waals surface area contributed by atoms with E-state index >= 15 is 0 Å². The lowest BCUT2D eigenvalue weighted by atomic mass is 10.0. The van der Waals surface area contributed by atoms with E-state index in [4.69, 9.17) is 4.74 Å². The van der Waals surface area contributed by atoms with Gasteiger partial charge in [-0.2, -0.15) is 0 Å². The largest absolute Gasteiger partial charge is 0.379 e. The van der Waals surface area contributed by atoms with Gasteiger partial charge in [0.15, 0.2) is 0 Å². The molecule has 0 bridgehead atoms. The van der Waals surface area contributed by atoms with Crippen LogP contribution in [0.4, 0.5) is 0 Å². The molecule has 18 heavy (non-hydrogen) atoms. The highest BCUT2D eigenvalue weighted by Crippen LogP contribution is 2.12. The van der Waals surface area contributed by atoms with Crippen LogP contribution in [0.2, 0.25) is 0 Å². The van der Waals surface area contributed by atoms with E-state index < -0.39 is 0 Å². The number of hydrogen-bond acceptors (Lipinski definition) is 3. The number of aryl methyl sites for hydroxylation is 2. The molecule has 0 heterocycles. The van der Waals surface area contributed by atoms with Gasteiger partial charge in [-0.3, -0.25) is 0 Å².